The molecule has 5 nitrogen and oxygen atoms in total. The Hall–Kier alpha value is -2.27. The highest BCUT2D eigenvalue weighted by Crippen LogP contribution is 2.36. The van der Waals surface area contributed by atoms with Crippen molar-refractivity contribution in [2.24, 2.45) is 0 Å². The maximum absolute atomic E-state index is 12.6. The summed E-state index contributed by atoms with van der Waals surface area (Å²) in [4.78, 5) is 25.4. The van der Waals surface area contributed by atoms with Gasteiger partial charge in [-0.2, -0.15) is 0 Å². The van der Waals surface area contributed by atoms with E-state index in [0.717, 1.165) is 0 Å². The van der Waals surface area contributed by atoms with Crippen LogP contribution in [0.5, 0.6) is 0 Å². The monoisotopic (exact) mass is 305 g/mol. The van der Waals surface area contributed by atoms with E-state index in [4.69, 9.17) is 16.0 Å². The minimum atomic E-state index is -0.879. The van der Waals surface area contributed by atoms with E-state index in [1.165, 1.54) is 12.3 Å². The molecule has 0 bridgehead atoms. The van der Waals surface area contributed by atoms with E-state index in [9.17, 15) is 14.7 Å². The summed E-state index contributed by atoms with van der Waals surface area (Å²) in [7, 11) is 0. The van der Waals surface area contributed by atoms with E-state index in [1.807, 2.05) is 0 Å². The molecule has 2 heterocycles. The number of benzene rings is 1. The Balaban J connectivity index is 2.02. The van der Waals surface area contributed by atoms with E-state index >= 15 is 0 Å². The maximum atomic E-state index is 12.6. The van der Waals surface area contributed by atoms with Gasteiger partial charge in [0.05, 0.1) is 17.7 Å². The van der Waals surface area contributed by atoms with Crippen molar-refractivity contribution in [1.29, 1.82) is 0 Å². The molecule has 1 amide bonds. The molecule has 1 aromatic heterocycles. The number of furan rings is 1. The molecule has 0 fully saturated rings. The molecule has 0 saturated heterocycles. The molecule has 1 aliphatic heterocycles. The molecular weight excluding hydrogens is 294 g/mol. The van der Waals surface area contributed by atoms with Crippen molar-refractivity contribution in [3.05, 3.63) is 52.9 Å². The standard InChI is InChI=1S/C15H12ClNO4/c16-13-11(6-8-21-13)14(18)17-7-5-10(15(19)20)9-3-1-2-4-12(9)17/h1-4,6,8,10H,5,7H2,(H,19,20). The number of carboxylic acids is 1. The minimum absolute atomic E-state index is 0.0397. The first-order chi connectivity index (χ1) is 10.1. The first kappa shape index (κ1) is 13.7. The van der Waals surface area contributed by atoms with Crippen LogP contribution in [0.25, 0.3) is 0 Å². The first-order valence-electron chi connectivity index (χ1n) is 6.46. The van der Waals surface area contributed by atoms with Gasteiger partial charge in [-0.25, -0.2) is 0 Å². The van der Waals surface area contributed by atoms with Crippen LogP contribution in [0.2, 0.25) is 5.22 Å². The summed E-state index contributed by atoms with van der Waals surface area (Å²) >= 11 is 5.85. The summed E-state index contributed by atoms with van der Waals surface area (Å²) in [6.07, 6.45) is 1.72. The van der Waals surface area contributed by atoms with Gasteiger partial charge in [-0.15, -0.1) is 0 Å². The van der Waals surface area contributed by atoms with E-state index < -0.39 is 11.9 Å². The van der Waals surface area contributed by atoms with Crippen molar-refractivity contribution >= 4 is 29.2 Å². The van der Waals surface area contributed by atoms with Gasteiger partial charge in [0.25, 0.3) is 5.91 Å². The normalized spacial score (nSPS) is 17.4. The second-order valence-electron chi connectivity index (χ2n) is 4.80. The third-order valence-corrected chi connectivity index (χ3v) is 3.93. The predicted molar refractivity (Wildman–Crippen MR) is 76.8 cm³/mol. The van der Waals surface area contributed by atoms with Crippen LogP contribution in [-0.4, -0.2) is 23.5 Å². The van der Waals surface area contributed by atoms with Gasteiger partial charge in [0.15, 0.2) is 0 Å². The molecule has 0 aliphatic carbocycles. The fraction of sp³-hybridized carbons (Fsp3) is 0.200. The molecule has 2 aromatic rings. The number of carbonyl (C=O) groups is 2. The molecule has 1 aromatic carbocycles. The van der Waals surface area contributed by atoms with Crippen molar-refractivity contribution in [3.63, 3.8) is 0 Å². The molecule has 1 atom stereocenters. The molecule has 1 aliphatic rings. The maximum Gasteiger partial charge on any atom is 0.311 e. The molecule has 6 heteroatoms. The van der Waals surface area contributed by atoms with E-state index in [-0.39, 0.29) is 16.7 Å². The average Bonchev–Trinajstić information content (AvgIpc) is 2.91. The lowest BCUT2D eigenvalue weighted by atomic mass is 9.89. The number of rotatable bonds is 2. The zero-order valence-electron chi connectivity index (χ0n) is 11.0. The molecular formula is C15H12ClNO4. The van der Waals surface area contributed by atoms with Crippen LogP contribution >= 0.6 is 11.6 Å². The summed E-state index contributed by atoms with van der Waals surface area (Å²) in [6.45, 7) is 0.328. The summed E-state index contributed by atoms with van der Waals surface area (Å²) in [5.41, 5.74) is 1.53. The highest BCUT2D eigenvalue weighted by atomic mass is 35.5. The summed E-state index contributed by atoms with van der Waals surface area (Å²) in [5, 5.41) is 9.34. The second-order valence-corrected chi connectivity index (χ2v) is 5.15. The van der Waals surface area contributed by atoms with Crippen molar-refractivity contribution in [3.8, 4) is 0 Å². The highest BCUT2D eigenvalue weighted by molar-refractivity contribution is 6.33. The van der Waals surface area contributed by atoms with Crippen LogP contribution in [0.3, 0.4) is 0 Å². The number of fused-ring (bicyclic) bond motifs is 1. The van der Waals surface area contributed by atoms with Gasteiger partial charge in [0.2, 0.25) is 5.22 Å². The molecule has 0 radical (unpaired) electrons. The smallest absolute Gasteiger partial charge is 0.311 e. The number of hydrogen-bond acceptors (Lipinski definition) is 3. The lowest BCUT2D eigenvalue weighted by Gasteiger charge is -2.32. The average molecular weight is 306 g/mol. The lowest BCUT2D eigenvalue weighted by Crippen LogP contribution is -2.38. The van der Waals surface area contributed by atoms with Gasteiger partial charge < -0.3 is 14.4 Å². The molecule has 0 saturated carbocycles. The summed E-state index contributed by atoms with van der Waals surface area (Å²) in [5.74, 6) is -1.76. The SMILES string of the molecule is O=C(O)C1CCN(C(=O)c2ccoc2Cl)c2ccccc21. The fourth-order valence-electron chi connectivity index (χ4n) is 2.62. The number of amides is 1. The Labute approximate surface area is 125 Å². The Kier molecular flexibility index (Phi) is 3.43. The number of nitrogens with zero attached hydrogens (tertiary/aromatic N) is 1. The zero-order valence-corrected chi connectivity index (χ0v) is 11.7. The molecule has 1 N–H and O–H groups in total. The number of carboxylic acid groups (broad SMARTS) is 1. The van der Waals surface area contributed by atoms with Crippen molar-refractivity contribution in [2.75, 3.05) is 11.4 Å². The number of halogens is 1. The zero-order chi connectivity index (χ0) is 15.0. The number of para-hydroxylation sites is 1. The van der Waals surface area contributed by atoms with Gasteiger partial charge in [-0.3, -0.25) is 9.59 Å². The van der Waals surface area contributed by atoms with Crippen LogP contribution in [0, 0.1) is 0 Å². The number of hydrogen-bond donors (Lipinski definition) is 1. The van der Waals surface area contributed by atoms with Crippen LogP contribution in [0.1, 0.15) is 28.3 Å². The predicted octanol–water partition coefficient (Wildman–Crippen LogP) is 3.15. The molecule has 0 spiro atoms. The molecule has 108 valence electrons. The lowest BCUT2D eigenvalue weighted by molar-refractivity contribution is -0.139. The topological polar surface area (TPSA) is 70.8 Å². The van der Waals surface area contributed by atoms with Crippen molar-refractivity contribution in [1.82, 2.24) is 0 Å². The highest BCUT2D eigenvalue weighted by Gasteiger charge is 2.33. The van der Waals surface area contributed by atoms with Crippen molar-refractivity contribution in [2.45, 2.75) is 12.3 Å². The molecule has 3 rings (SSSR count). The summed E-state index contributed by atoms with van der Waals surface area (Å²) in [6, 6.07) is 8.55. The summed E-state index contributed by atoms with van der Waals surface area (Å²) < 4.78 is 4.95. The Morgan fingerprint density at radius 3 is 2.71 bits per heavy atom. The van der Waals surface area contributed by atoms with E-state index in [0.29, 0.717) is 24.2 Å². The van der Waals surface area contributed by atoms with Gasteiger partial charge in [-0.1, -0.05) is 18.2 Å². The van der Waals surface area contributed by atoms with Gasteiger partial charge >= 0.3 is 5.97 Å². The van der Waals surface area contributed by atoms with Crippen LogP contribution in [0.15, 0.2) is 41.0 Å². The fourth-order valence-corrected chi connectivity index (χ4v) is 2.82. The quantitative estimate of drug-likeness (QED) is 0.925. The third-order valence-electron chi connectivity index (χ3n) is 3.64. The Morgan fingerprint density at radius 1 is 1.29 bits per heavy atom. The van der Waals surface area contributed by atoms with E-state index in [1.54, 1.807) is 29.2 Å². The van der Waals surface area contributed by atoms with Gasteiger partial charge in [0.1, 0.15) is 0 Å². The third kappa shape index (κ3) is 2.29. The number of carbonyl (C=O) groups excluding carboxylic acids is 1. The van der Waals surface area contributed by atoms with Crippen LogP contribution in [-0.2, 0) is 4.79 Å². The van der Waals surface area contributed by atoms with Gasteiger partial charge in [-0.05, 0) is 35.7 Å². The molecule has 1 unspecified atom stereocenters. The first-order valence-corrected chi connectivity index (χ1v) is 6.84. The number of anilines is 1. The minimum Gasteiger partial charge on any atom is -0.481 e. The van der Waals surface area contributed by atoms with E-state index in [2.05, 4.69) is 0 Å². The Bertz CT molecular complexity index is 709. The number of aliphatic carboxylic acids is 1. The Morgan fingerprint density at radius 2 is 2.05 bits per heavy atom. The molecule has 21 heavy (non-hydrogen) atoms. The van der Waals surface area contributed by atoms with Crippen molar-refractivity contribution < 1.29 is 19.1 Å². The largest absolute Gasteiger partial charge is 0.481 e. The second kappa shape index (κ2) is 5.26. The van der Waals surface area contributed by atoms with Crippen LogP contribution < -0.4 is 4.90 Å². The van der Waals surface area contributed by atoms with Crippen LogP contribution in [0.4, 0.5) is 5.69 Å². The van der Waals surface area contributed by atoms with Gasteiger partial charge in [0, 0.05) is 12.2 Å².